The van der Waals surface area contributed by atoms with Crippen LogP contribution in [0.4, 0.5) is 16.2 Å². The second-order valence-electron chi connectivity index (χ2n) is 10.8. The maximum atomic E-state index is 13.7. The number of aromatic nitrogens is 1. The van der Waals surface area contributed by atoms with Crippen molar-refractivity contribution in [3.63, 3.8) is 0 Å². The Morgan fingerprint density at radius 2 is 1.88 bits per heavy atom. The number of amides is 3. The van der Waals surface area contributed by atoms with Gasteiger partial charge in [0.25, 0.3) is 15.9 Å². The van der Waals surface area contributed by atoms with E-state index in [1.54, 1.807) is 44.9 Å². The number of urea groups is 1. The Labute approximate surface area is 245 Å². The van der Waals surface area contributed by atoms with Gasteiger partial charge in [-0.15, -0.1) is 0 Å². The largest absolute Gasteiger partial charge is 0.487 e. The van der Waals surface area contributed by atoms with Gasteiger partial charge < -0.3 is 29.5 Å². The first kappa shape index (κ1) is 30.8. The van der Waals surface area contributed by atoms with Crippen LogP contribution in [0.3, 0.4) is 0 Å². The number of fused-ring (bicyclic) bond motifs is 1. The van der Waals surface area contributed by atoms with Crippen LogP contribution >= 0.6 is 0 Å². The van der Waals surface area contributed by atoms with E-state index in [0.29, 0.717) is 17.1 Å². The number of carbonyl (C=O) groups excluding carboxylic acids is 2. The molecule has 0 saturated heterocycles. The number of hydrogen-bond acceptors (Lipinski definition) is 8. The van der Waals surface area contributed by atoms with Gasteiger partial charge in [0.05, 0.1) is 29.7 Å². The first-order valence-corrected chi connectivity index (χ1v) is 15.1. The molecular weight excluding hydrogens is 562 g/mol. The molecule has 1 aromatic heterocycles. The molecule has 13 heteroatoms. The number of benzene rings is 2. The summed E-state index contributed by atoms with van der Waals surface area (Å²) >= 11 is 0. The number of hydrogen-bond donors (Lipinski definition) is 3. The highest BCUT2D eigenvalue weighted by molar-refractivity contribution is 7.92. The van der Waals surface area contributed by atoms with Gasteiger partial charge in [0.1, 0.15) is 23.2 Å². The molecular formula is C29H37N5O7S. The number of carbonyl (C=O) groups is 2. The van der Waals surface area contributed by atoms with E-state index < -0.39 is 28.1 Å². The van der Waals surface area contributed by atoms with Crippen LogP contribution in [-0.4, -0.2) is 79.3 Å². The second-order valence-corrected chi connectivity index (χ2v) is 12.4. The van der Waals surface area contributed by atoms with Crippen LogP contribution in [0.2, 0.25) is 0 Å². The predicted molar refractivity (Wildman–Crippen MR) is 157 cm³/mol. The Balaban J connectivity index is 1.62. The molecule has 226 valence electrons. The summed E-state index contributed by atoms with van der Waals surface area (Å²) in [5, 5.41) is 16.6. The van der Waals surface area contributed by atoms with Gasteiger partial charge >= 0.3 is 6.03 Å². The number of nitrogens with one attached hydrogen (secondary N) is 2. The van der Waals surface area contributed by atoms with Gasteiger partial charge in [-0.2, -0.15) is 0 Å². The molecule has 3 N–H and O–H groups in total. The van der Waals surface area contributed by atoms with E-state index in [1.165, 1.54) is 35.2 Å². The fourth-order valence-corrected chi connectivity index (χ4v) is 5.70. The van der Waals surface area contributed by atoms with Crippen molar-refractivity contribution in [3.05, 3.63) is 65.0 Å². The van der Waals surface area contributed by atoms with Gasteiger partial charge in [-0.05, 0) is 58.0 Å². The summed E-state index contributed by atoms with van der Waals surface area (Å²) in [7, 11) is -2.29. The lowest BCUT2D eigenvalue weighted by atomic mass is 9.99. The lowest BCUT2D eigenvalue weighted by molar-refractivity contribution is 0.0371. The van der Waals surface area contributed by atoms with Crippen molar-refractivity contribution >= 4 is 33.3 Å². The molecule has 3 atom stereocenters. The van der Waals surface area contributed by atoms with Crippen LogP contribution in [0.1, 0.15) is 41.2 Å². The van der Waals surface area contributed by atoms with Crippen molar-refractivity contribution in [2.45, 2.75) is 51.7 Å². The molecule has 3 amide bonds. The minimum absolute atomic E-state index is 0.0877. The molecule has 0 fully saturated rings. The number of likely N-dealkylation sites (N-methyl/N-ethyl adjacent to an activating group) is 1. The van der Waals surface area contributed by atoms with Gasteiger partial charge in [-0.3, -0.25) is 9.52 Å². The third kappa shape index (κ3) is 6.68. The van der Waals surface area contributed by atoms with E-state index in [4.69, 9.17) is 9.26 Å². The lowest BCUT2D eigenvalue weighted by Crippen LogP contribution is -2.50. The van der Waals surface area contributed by atoms with Gasteiger partial charge in [0, 0.05) is 25.2 Å². The first-order valence-electron chi connectivity index (χ1n) is 13.6. The number of anilines is 2. The van der Waals surface area contributed by atoms with Crippen molar-refractivity contribution < 1.29 is 32.4 Å². The van der Waals surface area contributed by atoms with Crippen molar-refractivity contribution in [2.75, 3.05) is 36.8 Å². The van der Waals surface area contributed by atoms with Crippen molar-refractivity contribution in [1.82, 2.24) is 15.0 Å². The molecule has 2 aromatic carbocycles. The molecule has 0 aliphatic carbocycles. The van der Waals surface area contributed by atoms with Crippen LogP contribution in [-0.2, 0) is 10.0 Å². The zero-order valence-electron chi connectivity index (χ0n) is 24.5. The molecule has 2 heterocycles. The minimum atomic E-state index is -3.92. The number of aliphatic hydroxyl groups is 1. The summed E-state index contributed by atoms with van der Waals surface area (Å²) < 4.78 is 40.0. The van der Waals surface area contributed by atoms with Crippen LogP contribution < -0.4 is 14.8 Å². The normalized spacial score (nSPS) is 17.9. The van der Waals surface area contributed by atoms with Crippen LogP contribution in [0.5, 0.6) is 5.75 Å². The molecule has 0 spiro atoms. The fourth-order valence-electron chi connectivity index (χ4n) is 4.65. The summed E-state index contributed by atoms with van der Waals surface area (Å²) in [5.41, 5.74) is 2.30. The summed E-state index contributed by atoms with van der Waals surface area (Å²) in [4.78, 5) is 29.8. The van der Waals surface area contributed by atoms with E-state index in [1.807, 2.05) is 13.8 Å². The van der Waals surface area contributed by atoms with E-state index in [0.717, 1.165) is 5.56 Å². The highest BCUT2D eigenvalue weighted by atomic mass is 32.2. The Bertz CT molecular complexity index is 1540. The van der Waals surface area contributed by atoms with Crippen molar-refractivity contribution in [2.24, 2.45) is 5.92 Å². The highest BCUT2D eigenvalue weighted by Gasteiger charge is 2.34. The van der Waals surface area contributed by atoms with Crippen molar-refractivity contribution in [1.29, 1.82) is 0 Å². The maximum absolute atomic E-state index is 13.7. The topological polar surface area (TPSA) is 154 Å². The SMILES string of the molecule is Cc1ccc(S(=O)(=O)Nc2ccc3c(c2)C(=O)N([C@@H](C)CO)C[C@H](C)[C@@H](CN(C)C(=O)Nc2c(C)noc2C)O3)cc1. The number of aliphatic hydroxyl groups excluding tert-OH is 1. The van der Waals surface area contributed by atoms with Gasteiger partial charge in [0.15, 0.2) is 5.76 Å². The van der Waals surface area contributed by atoms with E-state index in [2.05, 4.69) is 15.2 Å². The smallest absolute Gasteiger partial charge is 0.321 e. The molecule has 12 nitrogen and oxygen atoms in total. The predicted octanol–water partition coefficient (Wildman–Crippen LogP) is 3.78. The average Bonchev–Trinajstić information content (AvgIpc) is 3.26. The molecule has 0 radical (unpaired) electrons. The summed E-state index contributed by atoms with van der Waals surface area (Å²) in [6.07, 6.45) is -0.541. The molecule has 0 unspecified atom stereocenters. The van der Waals surface area contributed by atoms with Gasteiger partial charge in [-0.1, -0.05) is 29.8 Å². The number of ether oxygens (including phenoxy) is 1. The van der Waals surface area contributed by atoms with Crippen LogP contribution in [0.25, 0.3) is 0 Å². The number of sulfonamides is 1. The molecule has 0 saturated carbocycles. The van der Waals surface area contributed by atoms with Crippen molar-refractivity contribution in [3.8, 4) is 5.75 Å². The van der Waals surface area contributed by atoms with Crippen LogP contribution in [0, 0.1) is 26.7 Å². The highest BCUT2D eigenvalue weighted by Crippen LogP contribution is 2.31. The molecule has 1 aliphatic heterocycles. The summed E-state index contributed by atoms with van der Waals surface area (Å²) in [5.74, 6) is 0.0899. The molecule has 0 bridgehead atoms. The Kier molecular flexibility index (Phi) is 9.12. The summed E-state index contributed by atoms with van der Waals surface area (Å²) in [6, 6.07) is 10.0. The molecule has 42 heavy (non-hydrogen) atoms. The lowest BCUT2D eigenvalue weighted by Gasteiger charge is -2.38. The number of nitrogens with zero attached hydrogens (tertiary/aromatic N) is 3. The van der Waals surface area contributed by atoms with E-state index in [-0.39, 0.29) is 53.5 Å². The minimum Gasteiger partial charge on any atom is -0.487 e. The third-order valence-corrected chi connectivity index (χ3v) is 8.71. The number of aryl methyl sites for hydroxylation is 3. The second kappa shape index (κ2) is 12.4. The third-order valence-electron chi connectivity index (χ3n) is 7.31. The first-order chi connectivity index (χ1) is 19.8. The average molecular weight is 600 g/mol. The van der Waals surface area contributed by atoms with E-state index >= 15 is 0 Å². The van der Waals surface area contributed by atoms with Crippen LogP contribution in [0.15, 0.2) is 51.9 Å². The quantitative estimate of drug-likeness (QED) is 0.353. The molecule has 4 rings (SSSR count). The molecule has 3 aromatic rings. The maximum Gasteiger partial charge on any atom is 0.321 e. The fraction of sp³-hybridized carbons (Fsp3) is 0.414. The zero-order valence-corrected chi connectivity index (χ0v) is 25.4. The monoisotopic (exact) mass is 599 g/mol. The zero-order chi connectivity index (χ0) is 30.8. The van der Waals surface area contributed by atoms with Gasteiger partial charge in [0.2, 0.25) is 0 Å². The standard InChI is InChI=1S/C29H37N5O7S/c1-17-7-10-23(11-8-17)42(38,39)32-22-9-12-25-24(13-22)28(36)34(19(3)16-35)14-18(2)26(40-25)15-33(6)29(37)30-27-20(4)31-41-21(27)5/h7-13,18-19,26,32,35H,14-16H2,1-6H3,(H,30,37)/t18-,19-,26+/m0/s1. The Morgan fingerprint density at radius 3 is 2.50 bits per heavy atom. The van der Waals surface area contributed by atoms with E-state index in [9.17, 15) is 23.1 Å². The number of rotatable bonds is 8. The molecule has 1 aliphatic rings. The van der Waals surface area contributed by atoms with Gasteiger partial charge in [-0.25, -0.2) is 13.2 Å². The Morgan fingerprint density at radius 1 is 1.19 bits per heavy atom. The Hall–Kier alpha value is -4.10. The summed E-state index contributed by atoms with van der Waals surface area (Å²) in [6.45, 7) is 9.08.